The first kappa shape index (κ1) is 11.4. The largest absolute Gasteiger partial charge is 0.480 e. The molecule has 0 aliphatic rings. The number of aliphatic carboxylic acids is 1. The molecule has 72 valence electrons. The van der Waals surface area contributed by atoms with Crippen molar-refractivity contribution in [1.82, 2.24) is 5.32 Å². The molecule has 0 aromatic heterocycles. The fourth-order valence-electron chi connectivity index (χ4n) is 0.870. The van der Waals surface area contributed by atoms with Crippen molar-refractivity contribution in [2.45, 2.75) is 33.0 Å². The zero-order valence-electron chi connectivity index (χ0n) is 8.00. The minimum absolute atomic E-state index is 0.0556. The Kier molecular flexibility index (Phi) is 4.85. The van der Waals surface area contributed by atoms with Crippen LogP contribution in [0, 0.1) is 5.92 Å². The summed E-state index contributed by atoms with van der Waals surface area (Å²) in [7, 11) is 1.54. The van der Waals surface area contributed by atoms with Crippen LogP contribution in [-0.2, 0) is 9.53 Å². The second kappa shape index (κ2) is 5.11. The van der Waals surface area contributed by atoms with Crippen molar-refractivity contribution in [3.8, 4) is 0 Å². The number of rotatable bonds is 5. The maximum Gasteiger partial charge on any atom is 0.321 e. The minimum Gasteiger partial charge on any atom is -0.480 e. The summed E-state index contributed by atoms with van der Waals surface area (Å²) < 4.78 is 4.91. The van der Waals surface area contributed by atoms with Crippen molar-refractivity contribution < 1.29 is 14.6 Å². The summed E-state index contributed by atoms with van der Waals surface area (Å²) in [4.78, 5) is 10.7. The molecule has 4 nitrogen and oxygen atoms in total. The summed E-state index contributed by atoms with van der Waals surface area (Å²) in [5.41, 5.74) is 0. The Balaban J connectivity index is 4.05. The smallest absolute Gasteiger partial charge is 0.321 e. The molecule has 0 rings (SSSR count). The molecule has 1 unspecified atom stereocenters. The highest BCUT2D eigenvalue weighted by Gasteiger charge is 2.22. The third kappa shape index (κ3) is 3.69. The third-order valence-corrected chi connectivity index (χ3v) is 1.70. The van der Waals surface area contributed by atoms with Gasteiger partial charge in [0.1, 0.15) is 12.3 Å². The molecule has 2 N–H and O–H groups in total. The van der Waals surface area contributed by atoms with Crippen molar-refractivity contribution >= 4 is 5.97 Å². The van der Waals surface area contributed by atoms with Crippen molar-refractivity contribution in [2.24, 2.45) is 5.92 Å². The van der Waals surface area contributed by atoms with Crippen LogP contribution in [-0.4, -0.2) is 30.5 Å². The summed E-state index contributed by atoms with van der Waals surface area (Å²) in [5, 5.41) is 11.6. The van der Waals surface area contributed by atoms with E-state index in [-0.39, 0.29) is 12.1 Å². The van der Waals surface area contributed by atoms with E-state index < -0.39 is 12.0 Å². The molecule has 0 aliphatic heterocycles. The van der Waals surface area contributed by atoms with Gasteiger partial charge in [-0.2, -0.15) is 0 Å². The first-order valence-electron chi connectivity index (χ1n) is 4.00. The summed E-state index contributed by atoms with van der Waals surface area (Å²) in [5.74, 6) is -0.783. The first-order valence-corrected chi connectivity index (χ1v) is 4.00. The number of ether oxygens (including phenoxy) is 1. The van der Waals surface area contributed by atoms with Crippen LogP contribution < -0.4 is 5.32 Å². The van der Waals surface area contributed by atoms with Gasteiger partial charge < -0.3 is 9.84 Å². The lowest BCUT2D eigenvalue weighted by molar-refractivity contribution is -0.141. The Morgan fingerprint density at radius 1 is 1.42 bits per heavy atom. The van der Waals surface area contributed by atoms with Crippen LogP contribution in [0.1, 0.15) is 20.8 Å². The Hall–Kier alpha value is -0.610. The number of carboxylic acids is 1. The number of carboxylic acid groups (broad SMARTS) is 1. The molecule has 0 bridgehead atoms. The van der Waals surface area contributed by atoms with Gasteiger partial charge in [-0.25, -0.2) is 0 Å². The molecule has 0 amide bonds. The number of hydrogen-bond donors (Lipinski definition) is 2. The fraction of sp³-hybridized carbons (Fsp3) is 0.875. The van der Waals surface area contributed by atoms with Crippen molar-refractivity contribution in [3.05, 3.63) is 0 Å². The summed E-state index contributed by atoms with van der Waals surface area (Å²) in [6.07, 6.45) is -0.228. The molecule has 0 saturated carbocycles. The van der Waals surface area contributed by atoms with Gasteiger partial charge in [0.05, 0.1) is 0 Å². The molecule has 0 saturated heterocycles. The number of carbonyl (C=O) groups is 1. The SMILES string of the molecule is COC(C)N[C@H](C(=O)O)C(C)C. The minimum atomic E-state index is -0.839. The number of methoxy groups -OCH3 is 1. The average Bonchev–Trinajstić information content (AvgIpc) is 1.98. The normalized spacial score (nSPS) is 16.1. The van der Waals surface area contributed by atoms with Gasteiger partial charge in [-0.1, -0.05) is 13.8 Å². The van der Waals surface area contributed by atoms with E-state index in [0.717, 1.165) is 0 Å². The second-order valence-corrected chi connectivity index (χ2v) is 3.10. The fourth-order valence-corrected chi connectivity index (χ4v) is 0.870. The maximum atomic E-state index is 10.7. The molecule has 2 atom stereocenters. The van der Waals surface area contributed by atoms with Crippen molar-refractivity contribution in [2.75, 3.05) is 7.11 Å². The predicted molar refractivity (Wildman–Crippen MR) is 45.9 cm³/mol. The molecule has 0 fully saturated rings. The van der Waals surface area contributed by atoms with E-state index in [1.165, 1.54) is 7.11 Å². The van der Waals surface area contributed by atoms with Gasteiger partial charge in [0.15, 0.2) is 0 Å². The summed E-state index contributed by atoms with van der Waals surface area (Å²) >= 11 is 0. The average molecular weight is 175 g/mol. The standard InChI is InChI=1S/C8H17NO3/c1-5(2)7(8(10)11)9-6(3)12-4/h5-7,9H,1-4H3,(H,10,11)/t6?,7-/m0/s1. The topological polar surface area (TPSA) is 58.6 Å². The molecule has 0 radical (unpaired) electrons. The quantitative estimate of drug-likeness (QED) is 0.603. The van der Waals surface area contributed by atoms with E-state index in [4.69, 9.17) is 9.84 Å². The Bertz CT molecular complexity index is 147. The van der Waals surface area contributed by atoms with Gasteiger partial charge in [-0.3, -0.25) is 10.1 Å². The second-order valence-electron chi connectivity index (χ2n) is 3.10. The van der Waals surface area contributed by atoms with E-state index in [9.17, 15) is 4.79 Å². The van der Waals surface area contributed by atoms with Crippen LogP contribution in [0.2, 0.25) is 0 Å². The Morgan fingerprint density at radius 2 is 1.92 bits per heavy atom. The Labute approximate surface area is 72.9 Å². The van der Waals surface area contributed by atoms with Gasteiger partial charge in [-0.05, 0) is 12.8 Å². The molecule has 0 aliphatic carbocycles. The highest BCUT2D eigenvalue weighted by Crippen LogP contribution is 2.02. The van der Waals surface area contributed by atoms with Crippen molar-refractivity contribution in [3.63, 3.8) is 0 Å². The van der Waals surface area contributed by atoms with Gasteiger partial charge in [-0.15, -0.1) is 0 Å². The monoisotopic (exact) mass is 175 g/mol. The van der Waals surface area contributed by atoms with Crippen LogP contribution in [0.5, 0.6) is 0 Å². The lowest BCUT2D eigenvalue weighted by Gasteiger charge is -2.21. The summed E-state index contributed by atoms with van der Waals surface area (Å²) in [6.45, 7) is 5.49. The molecule has 0 spiro atoms. The highest BCUT2D eigenvalue weighted by molar-refractivity contribution is 5.73. The van der Waals surface area contributed by atoms with E-state index in [1.54, 1.807) is 6.92 Å². The number of nitrogens with one attached hydrogen (secondary N) is 1. The number of hydrogen-bond acceptors (Lipinski definition) is 3. The van der Waals surface area contributed by atoms with Gasteiger partial charge in [0, 0.05) is 7.11 Å². The molecular formula is C8H17NO3. The molecule has 12 heavy (non-hydrogen) atoms. The Morgan fingerprint density at radius 3 is 2.17 bits per heavy atom. The van der Waals surface area contributed by atoms with Crippen LogP contribution in [0.25, 0.3) is 0 Å². The lowest BCUT2D eigenvalue weighted by atomic mass is 10.1. The highest BCUT2D eigenvalue weighted by atomic mass is 16.5. The zero-order valence-corrected chi connectivity index (χ0v) is 8.00. The van der Waals surface area contributed by atoms with Crippen LogP contribution in [0.3, 0.4) is 0 Å². The van der Waals surface area contributed by atoms with Crippen LogP contribution in [0.4, 0.5) is 0 Å². The summed E-state index contributed by atoms with van der Waals surface area (Å²) in [6, 6.07) is -0.542. The molecule has 0 aromatic carbocycles. The maximum absolute atomic E-state index is 10.7. The van der Waals surface area contributed by atoms with Crippen molar-refractivity contribution in [1.29, 1.82) is 0 Å². The molecular weight excluding hydrogens is 158 g/mol. The van der Waals surface area contributed by atoms with E-state index >= 15 is 0 Å². The molecule has 4 heteroatoms. The molecule has 0 heterocycles. The van der Waals surface area contributed by atoms with Gasteiger partial charge in [0.25, 0.3) is 0 Å². The first-order chi connectivity index (χ1) is 5.49. The zero-order chi connectivity index (χ0) is 9.72. The van der Waals surface area contributed by atoms with Crippen LogP contribution in [0.15, 0.2) is 0 Å². The lowest BCUT2D eigenvalue weighted by Crippen LogP contribution is -2.46. The van der Waals surface area contributed by atoms with E-state index in [0.29, 0.717) is 0 Å². The van der Waals surface area contributed by atoms with Gasteiger partial charge >= 0.3 is 5.97 Å². The van der Waals surface area contributed by atoms with Gasteiger partial charge in [0.2, 0.25) is 0 Å². The van der Waals surface area contributed by atoms with E-state index in [1.807, 2.05) is 13.8 Å². The third-order valence-electron chi connectivity index (χ3n) is 1.70. The van der Waals surface area contributed by atoms with E-state index in [2.05, 4.69) is 5.32 Å². The molecule has 0 aromatic rings. The predicted octanol–water partition coefficient (Wildman–Crippen LogP) is 0.678. The van der Waals surface area contributed by atoms with Crippen LogP contribution >= 0.6 is 0 Å².